The van der Waals surface area contributed by atoms with Gasteiger partial charge < -0.3 is 21.3 Å². The summed E-state index contributed by atoms with van der Waals surface area (Å²) < 4.78 is 0. The van der Waals surface area contributed by atoms with Crippen LogP contribution in [0.2, 0.25) is 0 Å². The molecule has 0 atom stereocenters. The van der Waals surface area contributed by atoms with Gasteiger partial charge in [-0.15, -0.1) is 0 Å². The molecule has 0 aliphatic heterocycles. The van der Waals surface area contributed by atoms with Crippen LogP contribution in [0.3, 0.4) is 0 Å². The second-order valence-electron chi connectivity index (χ2n) is 6.02. The smallest absolute Gasteiger partial charge is 0.314 e. The maximum Gasteiger partial charge on any atom is 0.314 e. The second kappa shape index (κ2) is 8.84. The van der Waals surface area contributed by atoms with E-state index in [2.05, 4.69) is 29.4 Å². The van der Waals surface area contributed by atoms with Gasteiger partial charge in [0.15, 0.2) is 0 Å². The number of hydrogen-bond acceptors (Lipinski definition) is 4. The first-order chi connectivity index (χ1) is 12.8. The van der Waals surface area contributed by atoms with Crippen LogP contribution in [0.5, 0.6) is 0 Å². The summed E-state index contributed by atoms with van der Waals surface area (Å²) in [5.41, 5.74) is 8.39. The molecular formula is C20H24N4O3. The van der Waals surface area contributed by atoms with E-state index >= 15 is 0 Å². The monoisotopic (exact) mass is 368 g/mol. The fourth-order valence-electron chi connectivity index (χ4n) is 2.66. The average molecular weight is 368 g/mol. The van der Waals surface area contributed by atoms with E-state index in [1.165, 1.54) is 24.3 Å². The molecule has 0 aliphatic rings. The maximum absolute atomic E-state index is 12.2. The van der Waals surface area contributed by atoms with Crippen LogP contribution in [0.1, 0.15) is 29.8 Å². The first kappa shape index (κ1) is 20.0. The van der Waals surface area contributed by atoms with E-state index in [1.807, 2.05) is 19.1 Å². The number of nitrogens with zero attached hydrogens (tertiary/aromatic N) is 1. The normalized spacial score (nSPS) is 10.2. The number of benzene rings is 2. The van der Waals surface area contributed by atoms with Gasteiger partial charge in [0.05, 0.1) is 0 Å². The third-order valence-corrected chi connectivity index (χ3v) is 4.22. The second-order valence-corrected chi connectivity index (χ2v) is 6.02. The molecule has 4 N–H and O–H groups in total. The van der Waals surface area contributed by atoms with E-state index in [0.29, 0.717) is 16.9 Å². The first-order valence-electron chi connectivity index (χ1n) is 8.73. The standard InChI is InChI=1S/C20H24N4O3/c1-4-24(5-2)16-10-11-17(13(3)12-16)23-20(27)19(26)22-15-8-6-14(7-9-15)18(21)25/h6-12H,4-5H2,1-3H3,(H2,21,25)(H,22,26)(H,23,27). The van der Waals surface area contributed by atoms with Crippen molar-refractivity contribution in [3.63, 3.8) is 0 Å². The molecule has 0 saturated heterocycles. The fraction of sp³-hybridized carbons (Fsp3) is 0.250. The summed E-state index contributed by atoms with van der Waals surface area (Å²) in [6, 6.07) is 11.7. The average Bonchev–Trinajstić information content (AvgIpc) is 2.65. The van der Waals surface area contributed by atoms with Gasteiger partial charge in [0.1, 0.15) is 0 Å². The third kappa shape index (κ3) is 5.07. The molecule has 2 aromatic rings. The molecule has 0 bridgehead atoms. The van der Waals surface area contributed by atoms with Gasteiger partial charge in [-0.2, -0.15) is 0 Å². The Morgan fingerprint density at radius 1 is 0.926 bits per heavy atom. The molecule has 27 heavy (non-hydrogen) atoms. The summed E-state index contributed by atoms with van der Waals surface area (Å²) in [5.74, 6) is -2.13. The lowest BCUT2D eigenvalue weighted by molar-refractivity contribution is -0.133. The summed E-state index contributed by atoms with van der Waals surface area (Å²) in [6.07, 6.45) is 0. The summed E-state index contributed by atoms with van der Waals surface area (Å²) in [7, 11) is 0. The van der Waals surface area contributed by atoms with Gasteiger partial charge in [-0.1, -0.05) is 0 Å². The van der Waals surface area contributed by atoms with Crippen LogP contribution in [-0.2, 0) is 9.59 Å². The SMILES string of the molecule is CCN(CC)c1ccc(NC(=O)C(=O)Nc2ccc(C(N)=O)cc2)c(C)c1. The molecule has 0 spiro atoms. The minimum Gasteiger partial charge on any atom is -0.372 e. The van der Waals surface area contributed by atoms with Crippen molar-refractivity contribution in [2.45, 2.75) is 20.8 Å². The molecule has 3 amide bonds. The zero-order valence-electron chi connectivity index (χ0n) is 15.7. The Morgan fingerprint density at radius 3 is 2.04 bits per heavy atom. The summed E-state index contributed by atoms with van der Waals surface area (Å²) in [4.78, 5) is 37.5. The highest BCUT2D eigenvalue weighted by Gasteiger charge is 2.16. The number of amides is 3. The van der Waals surface area contributed by atoms with Crippen molar-refractivity contribution in [2.24, 2.45) is 5.73 Å². The Balaban J connectivity index is 2.03. The molecule has 2 rings (SSSR count). The molecule has 142 valence electrons. The molecule has 7 nitrogen and oxygen atoms in total. The number of anilines is 3. The predicted octanol–water partition coefficient (Wildman–Crippen LogP) is 2.52. The van der Waals surface area contributed by atoms with Crippen LogP contribution in [0.25, 0.3) is 0 Å². The highest BCUT2D eigenvalue weighted by atomic mass is 16.2. The lowest BCUT2D eigenvalue weighted by Gasteiger charge is -2.22. The Bertz CT molecular complexity index is 843. The minimum atomic E-state index is -0.797. The third-order valence-electron chi connectivity index (χ3n) is 4.22. The Labute approximate surface area is 158 Å². The molecule has 2 aromatic carbocycles. The van der Waals surface area contributed by atoms with Crippen molar-refractivity contribution < 1.29 is 14.4 Å². The highest BCUT2D eigenvalue weighted by Crippen LogP contribution is 2.22. The number of rotatable bonds is 6. The molecular weight excluding hydrogens is 344 g/mol. The highest BCUT2D eigenvalue weighted by molar-refractivity contribution is 6.43. The quantitative estimate of drug-likeness (QED) is 0.681. The zero-order chi connectivity index (χ0) is 20.0. The van der Waals surface area contributed by atoms with Crippen LogP contribution in [0, 0.1) is 6.92 Å². The fourth-order valence-corrected chi connectivity index (χ4v) is 2.66. The number of nitrogens with two attached hydrogens (primary N) is 1. The van der Waals surface area contributed by atoms with Crippen molar-refractivity contribution in [1.82, 2.24) is 0 Å². The number of carbonyl (C=O) groups excluding carboxylic acids is 3. The lowest BCUT2D eigenvalue weighted by atomic mass is 10.1. The van der Waals surface area contributed by atoms with Gasteiger partial charge in [-0.25, -0.2) is 0 Å². The Hall–Kier alpha value is -3.35. The van der Waals surface area contributed by atoms with Gasteiger partial charge in [0, 0.05) is 35.7 Å². The van der Waals surface area contributed by atoms with Crippen LogP contribution in [0.15, 0.2) is 42.5 Å². The maximum atomic E-state index is 12.2. The molecule has 7 heteroatoms. The van der Waals surface area contributed by atoms with Crippen LogP contribution in [-0.4, -0.2) is 30.8 Å². The Kier molecular flexibility index (Phi) is 6.54. The number of carbonyl (C=O) groups is 3. The molecule has 0 fully saturated rings. The van der Waals surface area contributed by atoms with Gasteiger partial charge in [-0.3, -0.25) is 14.4 Å². The van der Waals surface area contributed by atoms with Crippen molar-refractivity contribution in [2.75, 3.05) is 28.6 Å². The van der Waals surface area contributed by atoms with E-state index in [4.69, 9.17) is 5.73 Å². The number of primary amides is 1. The van der Waals surface area contributed by atoms with Gasteiger partial charge in [0.2, 0.25) is 5.91 Å². The van der Waals surface area contributed by atoms with E-state index in [0.717, 1.165) is 24.3 Å². The van der Waals surface area contributed by atoms with Crippen LogP contribution in [0.4, 0.5) is 17.1 Å². The van der Waals surface area contributed by atoms with Crippen molar-refractivity contribution in [3.05, 3.63) is 53.6 Å². The first-order valence-corrected chi connectivity index (χ1v) is 8.73. The van der Waals surface area contributed by atoms with E-state index in [-0.39, 0.29) is 0 Å². The van der Waals surface area contributed by atoms with E-state index in [9.17, 15) is 14.4 Å². The lowest BCUT2D eigenvalue weighted by Crippen LogP contribution is -2.29. The largest absolute Gasteiger partial charge is 0.372 e. The van der Waals surface area contributed by atoms with Gasteiger partial charge >= 0.3 is 11.8 Å². The minimum absolute atomic E-state index is 0.321. The Morgan fingerprint density at radius 2 is 1.52 bits per heavy atom. The number of aryl methyl sites for hydroxylation is 1. The summed E-state index contributed by atoms with van der Waals surface area (Å²) in [5, 5.41) is 5.10. The van der Waals surface area contributed by atoms with E-state index in [1.54, 1.807) is 6.07 Å². The molecule has 0 aromatic heterocycles. The van der Waals surface area contributed by atoms with Crippen molar-refractivity contribution in [3.8, 4) is 0 Å². The molecule has 0 saturated carbocycles. The molecule has 0 heterocycles. The van der Waals surface area contributed by atoms with Crippen molar-refractivity contribution in [1.29, 1.82) is 0 Å². The van der Waals surface area contributed by atoms with Gasteiger partial charge in [-0.05, 0) is 68.8 Å². The molecule has 0 aliphatic carbocycles. The topological polar surface area (TPSA) is 105 Å². The zero-order valence-corrected chi connectivity index (χ0v) is 15.7. The van der Waals surface area contributed by atoms with E-state index < -0.39 is 17.7 Å². The molecule has 0 radical (unpaired) electrons. The van der Waals surface area contributed by atoms with Crippen molar-refractivity contribution >= 4 is 34.8 Å². The van der Waals surface area contributed by atoms with Gasteiger partial charge in [0.25, 0.3) is 0 Å². The number of hydrogen-bond donors (Lipinski definition) is 3. The van der Waals surface area contributed by atoms with Crippen LogP contribution < -0.4 is 21.3 Å². The molecule has 0 unspecified atom stereocenters. The van der Waals surface area contributed by atoms with Crippen LogP contribution >= 0.6 is 0 Å². The number of nitrogens with one attached hydrogen (secondary N) is 2. The predicted molar refractivity (Wildman–Crippen MR) is 107 cm³/mol. The summed E-state index contributed by atoms with van der Waals surface area (Å²) in [6.45, 7) is 7.81. The summed E-state index contributed by atoms with van der Waals surface area (Å²) >= 11 is 0.